The van der Waals surface area contributed by atoms with Gasteiger partial charge in [-0.25, -0.2) is 4.68 Å². The summed E-state index contributed by atoms with van der Waals surface area (Å²) in [6.45, 7) is 2.22. The van der Waals surface area contributed by atoms with Crippen LogP contribution in [0.2, 0.25) is 0 Å². The van der Waals surface area contributed by atoms with Crippen molar-refractivity contribution in [3.05, 3.63) is 77.1 Å². The van der Waals surface area contributed by atoms with Crippen LogP contribution in [0.15, 0.2) is 54.6 Å². The number of amides is 1. The Hall–Kier alpha value is -3.42. The monoisotopic (exact) mass is 532 g/mol. The zero-order valence-corrected chi connectivity index (χ0v) is 21.2. The van der Waals surface area contributed by atoms with Gasteiger partial charge in [-0.1, -0.05) is 42.5 Å². The minimum atomic E-state index is -4.73. The maximum atomic E-state index is 13.5. The highest BCUT2D eigenvalue weighted by Crippen LogP contribution is 2.30. The molecule has 0 saturated carbocycles. The molecule has 0 bridgehead atoms. The van der Waals surface area contributed by atoms with Gasteiger partial charge in [-0.05, 0) is 30.7 Å². The minimum absolute atomic E-state index is 0.0590. The number of ether oxygens (including phenoxy) is 1. The van der Waals surface area contributed by atoms with Crippen LogP contribution in [0, 0.1) is 0 Å². The smallest absolute Gasteiger partial charge is 0.435 e. The van der Waals surface area contributed by atoms with Gasteiger partial charge in [0.05, 0.1) is 17.8 Å². The Kier molecular flexibility index (Phi) is 9.67. The topological polar surface area (TPSA) is 89.4 Å². The van der Waals surface area contributed by atoms with E-state index in [1.54, 1.807) is 48.5 Å². The Morgan fingerprint density at radius 1 is 1.11 bits per heavy atom. The van der Waals surface area contributed by atoms with Crippen molar-refractivity contribution in [2.24, 2.45) is 0 Å². The fraction of sp³-hybridized carbons (Fsp3) is 0.292. The first-order valence-corrected chi connectivity index (χ1v) is 11.6. The van der Waals surface area contributed by atoms with Crippen molar-refractivity contribution < 1.29 is 27.4 Å². The van der Waals surface area contributed by atoms with Crippen LogP contribution in [-0.2, 0) is 23.9 Å². The van der Waals surface area contributed by atoms with Crippen LogP contribution in [0.1, 0.15) is 34.2 Å². The average molecular weight is 532 g/mol. The van der Waals surface area contributed by atoms with Gasteiger partial charge in [-0.2, -0.15) is 18.3 Å². The van der Waals surface area contributed by atoms with Crippen LogP contribution in [-0.4, -0.2) is 48.6 Å². The molecule has 13 heteroatoms. The molecule has 3 N–H and O–H groups in total. The number of aromatic nitrogens is 2. The summed E-state index contributed by atoms with van der Waals surface area (Å²) in [6, 6.07) is 14.2. The summed E-state index contributed by atoms with van der Waals surface area (Å²) in [5, 5.41) is 12.4. The molecule has 0 fully saturated rings. The lowest BCUT2D eigenvalue weighted by atomic mass is 10.1. The largest absolute Gasteiger partial charge is 0.496 e. The van der Waals surface area contributed by atoms with Crippen LogP contribution in [0.5, 0.6) is 5.75 Å². The van der Waals surface area contributed by atoms with E-state index in [9.17, 15) is 18.0 Å². The fourth-order valence-corrected chi connectivity index (χ4v) is 3.52. The molecule has 2 aromatic carbocycles. The number of carbonyl (C=O) groups is 1. The highest BCUT2D eigenvalue weighted by molar-refractivity contribution is 7.80. The number of nitrogens with one attached hydrogen (secondary N) is 3. The second-order valence-corrected chi connectivity index (χ2v) is 8.39. The molecule has 0 aliphatic carbocycles. The summed E-state index contributed by atoms with van der Waals surface area (Å²) in [6.07, 6.45) is -4.73. The number of hydrogen-bond donors (Lipinski definition) is 3. The number of halogens is 3. The van der Waals surface area contributed by atoms with E-state index in [1.165, 1.54) is 21.8 Å². The molecule has 1 heterocycles. The maximum absolute atomic E-state index is 13.5. The summed E-state index contributed by atoms with van der Waals surface area (Å²) in [7, 11) is 4.42. The summed E-state index contributed by atoms with van der Waals surface area (Å²) in [5.41, 5.74) is 0.273. The molecule has 1 atom stereocenters. The second kappa shape index (κ2) is 12.7. The van der Waals surface area contributed by atoms with Gasteiger partial charge in [0.2, 0.25) is 0 Å². The standard InChI is InChI=1S/C24H26BF3N5O3S/c1-15(31-25-36-3)23(37)30-13-16-7-6-9-18(11-16)33-19(12-21(32-33)24(26,27)28)22(34)29-14-17-8-4-5-10-20(17)35-2/h4-12,15,31H,13-14H2,1-3H3,(H,29,34)(H,30,37). The fourth-order valence-electron chi connectivity index (χ4n) is 3.38. The Morgan fingerprint density at radius 2 is 1.86 bits per heavy atom. The summed E-state index contributed by atoms with van der Waals surface area (Å²) in [4.78, 5) is 13.5. The molecule has 0 aliphatic heterocycles. The molecular formula is C24H26BF3N5O3S. The molecule has 1 unspecified atom stereocenters. The molecule has 1 aromatic heterocycles. The van der Waals surface area contributed by atoms with E-state index in [0.29, 0.717) is 28.5 Å². The summed E-state index contributed by atoms with van der Waals surface area (Å²) in [5.74, 6) is -0.164. The first-order valence-electron chi connectivity index (χ1n) is 11.2. The highest BCUT2D eigenvalue weighted by atomic mass is 32.1. The number of rotatable bonds is 11. The van der Waals surface area contributed by atoms with Crippen molar-refractivity contribution >= 4 is 30.7 Å². The molecule has 0 spiro atoms. The van der Waals surface area contributed by atoms with E-state index in [4.69, 9.17) is 21.6 Å². The summed E-state index contributed by atoms with van der Waals surface area (Å²) < 4.78 is 51.6. The van der Waals surface area contributed by atoms with Gasteiger partial charge in [0, 0.05) is 37.9 Å². The van der Waals surface area contributed by atoms with E-state index in [1.807, 2.05) is 6.92 Å². The molecule has 8 nitrogen and oxygen atoms in total. The van der Waals surface area contributed by atoms with Crippen molar-refractivity contribution in [1.29, 1.82) is 0 Å². The molecule has 3 aromatic rings. The predicted octanol–water partition coefficient (Wildman–Crippen LogP) is 3.41. The third-order valence-electron chi connectivity index (χ3n) is 5.32. The zero-order valence-electron chi connectivity index (χ0n) is 20.4. The van der Waals surface area contributed by atoms with Gasteiger partial charge in [-0.15, -0.1) is 0 Å². The maximum Gasteiger partial charge on any atom is 0.435 e. The first kappa shape index (κ1) is 28.2. The number of para-hydroxylation sites is 1. The molecule has 0 saturated heterocycles. The Labute approximate surface area is 218 Å². The predicted molar refractivity (Wildman–Crippen MR) is 138 cm³/mol. The van der Waals surface area contributed by atoms with Crippen molar-refractivity contribution in [1.82, 2.24) is 25.6 Å². The lowest BCUT2D eigenvalue weighted by Crippen LogP contribution is -2.42. The minimum Gasteiger partial charge on any atom is -0.496 e. The Balaban J connectivity index is 1.82. The number of nitrogens with zero attached hydrogens (tertiary/aromatic N) is 2. The van der Waals surface area contributed by atoms with Gasteiger partial charge in [0.15, 0.2) is 5.69 Å². The zero-order chi connectivity index (χ0) is 27.0. The van der Waals surface area contributed by atoms with Crippen LogP contribution >= 0.6 is 12.2 Å². The number of benzene rings is 2. The van der Waals surface area contributed by atoms with E-state index < -0.39 is 17.8 Å². The van der Waals surface area contributed by atoms with Crippen molar-refractivity contribution in [2.75, 3.05) is 14.2 Å². The molecule has 0 aliphatic rings. The SMILES string of the molecule is CO[B]NC(C)C(=S)NCc1cccc(-n2nc(C(F)(F)F)cc2C(=O)NCc2ccccc2OC)c1. The van der Waals surface area contributed by atoms with E-state index >= 15 is 0 Å². The van der Waals surface area contributed by atoms with Crippen LogP contribution < -0.4 is 20.6 Å². The normalized spacial score (nSPS) is 12.1. The molecule has 1 radical (unpaired) electrons. The molecule has 1 amide bonds. The first-order chi connectivity index (χ1) is 17.6. The van der Waals surface area contributed by atoms with Crippen LogP contribution in [0.25, 0.3) is 5.69 Å². The average Bonchev–Trinajstić information content (AvgIpc) is 3.36. The summed E-state index contributed by atoms with van der Waals surface area (Å²) >= 11 is 5.35. The van der Waals surface area contributed by atoms with E-state index in [0.717, 1.165) is 16.3 Å². The molecular weight excluding hydrogens is 506 g/mol. The lowest BCUT2D eigenvalue weighted by Gasteiger charge is -2.16. The third kappa shape index (κ3) is 7.54. The van der Waals surface area contributed by atoms with Gasteiger partial charge in [0.1, 0.15) is 11.4 Å². The van der Waals surface area contributed by atoms with E-state index in [2.05, 4.69) is 21.0 Å². The van der Waals surface area contributed by atoms with Crippen molar-refractivity contribution in [2.45, 2.75) is 32.2 Å². The molecule has 195 valence electrons. The quantitative estimate of drug-likeness (QED) is 0.258. The Bertz CT molecular complexity index is 1240. The van der Waals surface area contributed by atoms with Crippen molar-refractivity contribution in [3.63, 3.8) is 0 Å². The number of carbonyl (C=O) groups excluding carboxylic acids is 1. The number of alkyl halides is 3. The van der Waals surface area contributed by atoms with Crippen LogP contribution in [0.4, 0.5) is 13.2 Å². The van der Waals surface area contributed by atoms with Gasteiger partial charge in [0.25, 0.3) is 5.91 Å². The second-order valence-electron chi connectivity index (χ2n) is 7.95. The van der Waals surface area contributed by atoms with Gasteiger partial charge in [-0.3, -0.25) is 4.79 Å². The number of hydrogen-bond acceptors (Lipinski definition) is 6. The molecule has 3 rings (SSSR count). The van der Waals surface area contributed by atoms with Gasteiger partial charge < -0.3 is 25.3 Å². The van der Waals surface area contributed by atoms with Gasteiger partial charge >= 0.3 is 13.8 Å². The molecule has 37 heavy (non-hydrogen) atoms. The van der Waals surface area contributed by atoms with E-state index in [-0.39, 0.29) is 18.3 Å². The third-order valence-corrected chi connectivity index (χ3v) is 5.81. The highest BCUT2D eigenvalue weighted by Gasteiger charge is 2.36. The number of thiocarbonyl (C=S) groups is 1. The van der Waals surface area contributed by atoms with Crippen molar-refractivity contribution in [3.8, 4) is 11.4 Å². The van der Waals surface area contributed by atoms with Crippen LogP contribution in [0.3, 0.4) is 0 Å². The number of methoxy groups -OCH3 is 1. The lowest BCUT2D eigenvalue weighted by molar-refractivity contribution is -0.141. The Morgan fingerprint density at radius 3 is 2.57 bits per heavy atom.